The van der Waals surface area contributed by atoms with E-state index in [1.807, 2.05) is 19.1 Å². The van der Waals surface area contributed by atoms with E-state index in [2.05, 4.69) is 11.9 Å². The number of Topliss-reactive ketones (excluding diaryl/α,β-unsaturated/α-hetero) is 1. The minimum atomic E-state index is -0.0609. The summed E-state index contributed by atoms with van der Waals surface area (Å²) in [6.07, 6.45) is 5.01. The maximum Gasteiger partial charge on any atom is 0.179 e. The number of carbonyl (C=O) groups is 1. The van der Waals surface area contributed by atoms with Crippen LogP contribution >= 0.6 is 11.6 Å². The average Bonchev–Trinajstić information content (AvgIpc) is 2.91. The molecule has 2 nitrogen and oxygen atoms in total. The minimum absolute atomic E-state index is 0.0609. The van der Waals surface area contributed by atoms with E-state index in [-0.39, 0.29) is 11.8 Å². The van der Waals surface area contributed by atoms with Gasteiger partial charge in [0.05, 0.1) is 6.04 Å². The van der Waals surface area contributed by atoms with Gasteiger partial charge in [-0.15, -0.1) is 0 Å². The number of rotatable bonds is 4. The molecule has 1 aromatic carbocycles. The quantitative estimate of drug-likeness (QED) is 0.772. The van der Waals surface area contributed by atoms with E-state index >= 15 is 0 Å². The van der Waals surface area contributed by atoms with Gasteiger partial charge in [-0.3, -0.25) is 9.69 Å². The predicted octanol–water partition coefficient (Wildman–Crippen LogP) is 3.79. The van der Waals surface area contributed by atoms with E-state index in [1.54, 1.807) is 12.1 Å². The highest BCUT2D eigenvalue weighted by Gasteiger charge is 2.27. The number of nitrogens with zero attached hydrogens (tertiary/aromatic N) is 1. The van der Waals surface area contributed by atoms with Crippen molar-refractivity contribution in [3.8, 4) is 0 Å². The maximum atomic E-state index is 12.4. The van der Waals surface area contributed by atoms with Gasteiger partial charge in [0.15, 0.2) is 5.78 Å². The molecule has 1 fully saturated rings. The van der Waals surface area contributed by atoms with Crippen molar-refractivity contribution in [3.05, 3.63) is 34.9 Å². The van der Waals surface area contributed by atoms with Gasteiger partial charge in [0, 0.05) is 16.6 Å². The lowest BCUT2D eigenvalue weighted by molar-refractivity contribution is 0.0819. The van der Waals surface area contributed by atoms with Crippen LogP contribution in [0.15, 0.2) is 24.3 Å². The van der Waals surface area contributed by atoms with Crippen LogP contribution in [0, 0.1) is 0 Å². The Kier molecular flexibility index (Phi) is 4.41. The molecule has 18 heavy (non-hydrogen) atoms. The van der Waals surface area contributed by atoms with Gasteiger partial charge in [-0.25, -0.2) is 0 Å². The second kappa shape index (κ2) is 5.85. The Hall–Kier alpha value is -0.860. The first-order chi connectivity index (χ1) is 8.59. The van der Waals surface area contributed by atoms with Crippen molar-refractivity contribution in [2.24, 2.45) is 0 Å². The molecule has 0 radical (unpaired) electrons. The van der Waals surface area contributed by atoms with Crippen LogP contribution in [0.3, 0.4) is 0 Å². The maximum absolute atomic E-state index is 12.4. The summed E-state index contributed by atoms with van der Waals surface area (Å²) in [6, 6.07) is 7.67. The summed E-state index contributed by atoms with van der Waals surface area (Å²) >= 11 is 5.84. The van der Waals surface area contributed by atoms with Crippen molar-refractivity contribution in [3.63, 3.8) is 0 Å². The highest BCUT2D eigenvalue weighted by Crippen LogP contribution is 2.24. The van der Waals surface area contributed by atoms with Crippen molar-refractivity contribution >= 4 is 17.4 Å². The molecule has 2 rings (SSSR count). The van der Waals surface area contributed by atoms with Crippen LogP contribution in [0.4, 0.5) is 0 Å². The molecule has 1 atom stereocenters. The number of halogens is 1. The zero-order chi connectivity index (χ0) is 13.1. The number of benzene rings is 1. The summed E-state index contributed by atoms with van der Waals surface area (Å²) < 4.78 is 0. The highest BCUT2D eigenvalue weighted by atomic mass is 35.5. The minimum Gasteiger partial charge on any atom is -0.294 e. The third-order valence-electron chi connectivity index (χ3n) is 4.02. The van der Waals surface area contributed by atoms with Crippen LogP contribution < -0.4 is 0 Å². The van der Waals surface area contributed by atoms with Crippen LogP contribution in [-0.2, 0) is 0 Å². The zero-order valence-corrected chi connectivity index (χ0v) is 11.8. The first kappa shape index (κ1) is 13.6. The van der Waals surface area contributed by atoms with Gasteiger partial charge in [0.1, 0.15) is 0 Å². The number of ketones is 1. The summed E-state index contributed by atoms with van der Waals surface area (Å²) in [4.78, 5) is 14.6. The lowest BCUT2D eigenvalue weighted by atomic mass is 10.0. The van der Waals surface area contributed by atoms with E-state index in [9.17, 15) is 4.79 Å². The zero-order valence-electron chi connectivity index (χ0n) is 11.0. The summed E-state index contributed by atoms with van der Waals surface area (Å²) in [5.41, 5.74) is 0.747. The van der Waals surface area contributed by atoms with Gasteiger partial charge in [-0.05, 0) is 51.1 Å². The van der Waals surface area contributed by atoms with E-state index < -0.39 is 0 Å². The number of hydrogen-bond acceptors (Lipinski definition) is 2. The largest absolute Gasteiger partial charge is 0.294 e. The fourth-order valence-corrected chi connectivity index (χ4v) is 2.79. The Morgan fingerprint density at radius 3 is 2.39 bits per heavy atom. The molecule has 3 heteroatoms. The molecule has 1 aliphatic rings. The van der Waals surface area contributed by atoms with E-state index in [0.29, 0.717) is 11.1 Å². The molecule has 0 N–H and O–H groups in total. The van der Waals surface area contributed by atoms with Crippen molar-refractivity contribution in [1.29, 1.82) is 0 Å². The van der Waals surface area contributed by atoms with Gasteiger partial charge in [-0.1, -0.05) is 24.4 Å². The predicted molar refractivity (Wildman–Crippen MR) is 75.3 cm³/mol. The van der Waals surface area contributed by atoms with Gasteiger partial charge < -0.3 is 0 Å². The number of hydrogen-bond donors (Lipinski definition) is 0. The van der Waals surface area contributed by atoms with Crippen molar-refractivity contribution < 1.29 is 4.79 Å². The van der Waals surface area contributed by atoms with Crippen molar-refractivity contribution in [2.75, 3.05) is 7.05 Å². The Balaban J connectivity index is 2.05. The highest BCUT2D eigenvalue weighted by molar-refractivity contribution is 6.30. The molecule has 0 aromatic heterocycles. The molecule has 1 aromatic rings. The molecular formula is C15H20ClNO. The molecular weight excluding hydrogens is 246 g/mol. The third-order valence-corrected chi connectivity index (χ3v) is 4.27. The van der Waals surface area contributed by atoms with Crippen LogP contribution in [0.5, 0.6) is 0 Å². The first-order valence-electron chi connectivity index (χ1n) is 6.61. The molecule has 0 bridgehead atoms. The molecule has 98 valence electrons. The summed E-state index contributed by atoms with van der Waals surface area (Å²) in [5.74, 6) is 0.182. The molecule has 0 saturated heterocycles. The third kappa shape index (κ3) is 2.93. The van der Waals surface area contributed by atoms with Crippen LogP contribution in [-0.4, -0.2) is 29.8 Å². The standard InChI is InChI=1S/C15H20ClNO/c1-11(17(2)14-5-3-4-6-14)15(18)12-7-9-13(16)10-8-12/h7-11,14H,3-6H2,1-2H3. The second-order valence-corrected chi connectivity index (χ2v) is 5.59. The Morgan fingerprint density at radius 1 is 1.28 bits per heavy atom. The molecule has 0 amide bonds. The van der Waals surface area contributed by atoms with Crippen LogP contribution in [0.25, 0.3) is 0 Å². The average molecular weight is 266 g/mol. The van der Waals surface area contributed by atoms with Gasteiger partial charge >= 0.3 is 0 Å². The summed E-state index contributed by atoms with van der Waals surface area (Å²) in [6.45, 7) is 2.00. The lowest BCUT2D eigenvalue weighted by Crippen LogP contribution is -2.41. The smallest absolute Gasteiger partial charge is 0.179 e. The Labute approximate surface area is 114 Å². The van der Waals surface area contributed by atoms with Crippen LogP contribution in [0.1, 0.15) is 43.0 Å². The molecule has 0 spiro atoms. The molecule has 0 aliphatic heterocycles. The number of carbonyl (C=O) groups excluding carboxylic acids is 1. The van der Waals surface area contributed by atoms with E-state index in [4.69, 9.17) is 11.6 Å². The van der Waals surface area contributed by atoms with Gasteiger partial charge in [0.25, 0.3) is 0 Å². The van der Waals surface area contributed by atoms with Crippen molar-refractivity contribution in [2.45, 2.75) is 44.7 Å². The number of likely N-dealkylation sites (N-methyl/N-ethyl adjacent to an activating group) is 1. The van der Waals surface area contributed by atoms with Gasteiger partial charge in [-0.2, -0.15) is 0 Å². The van der Waals surface area contributed by atoms with Crippen molar-refractivity contribution in [1.82, 2.24) is 4.90 Å². The fourth-order valence-electron chi connectivity index (χ4n) is 2.67. The molecule has 0 heterocycles. The monoisotopic (exact) mass is 265 g/mol. The normalized spacial score (nSPS) is 18.2. The van der Waals surface area contributed by atoms with E-state index in [1.165, 1.54) is 25.7 Å². The first-order valence-corrected chi connectivity index (χ1v) is 6.99. The Bertz CT molecular complexity index is 409. The second-order valence-electron chi connectivity index (χ2n) is 5.15. The lowest BCUT2D eigenvalue weighted by Gasteiger charge is -2.29. The van der Waals surface area contributed by atoms with E-state index in [0.717, 1.165) is 5.56 Å². The summed E-state index contributed by atoms with van der Waals surface area (Å²) in [7, 11) is 2.06. The Morgan fingerprint density at radius 2 is 1.83 bits per heavy atom. The fraction of sp³-hybridized carbons (Fsp3) is 0.533. The summed E-state index contributed by atoms with van der Waals surface area (Å²) in [5, 5.41) is 0.670. The molecule has 1 aliphatic carbocycles. The topological polar surface area (TPSA) is 20.3 Å². The van der Waals surface area contributed by atoms with Crippen LogP contribution in [0.2, 0.25) is 5.02 Å². The van der Waals surface area contributed by atoms with Gasteiger partial charge in [0.2, 0.25) is 0 Å². The SMILES string of the molecule is CC(C(=O)c1ccc(Cl)cc1)N(C)C1CCCC1. The molecule has 1 unspecified atom stereocenters. The molecule has 1 saturated carbocycles.